The molecule has 0 aromatic heterocycles. The van der Waals surface area contributed by atoms with E-state index in [0.29, 0.717) is 10.6 Å². The molecule has 0 N–H and O–H groups in total. The molecule has 0 amide bonds. The molecule has 1 saturated carbocycles. The second-order valence-electron chi connectivity index (χ2n) is 7.37. The summed E-state index contributed by atoms with van der Waals surface area (Å²) in [6, 6.07) is 0. The van der Waals surface area contributed by atoms with E-state index in [1.54, 1.807) is 0 Å². The topological polar surface area (TPSA) is 0 Å². The first-order valence-electron chi connectivity index (χ1n) is 7.18. The molecule has 1 aliphatic rings. The van der Waals surface area contributed by atoms with Crippen molar-refractivity contribution < 1.29 is 0 Å². The predicted octanol–water partition coefficient (Wildman–Crippen LogP) is 5.47. The van der Waals surface area contributed by atoms with Crippen LogP contribution in [-0.2, 0) is 0 Å². The number of rotatable bonds is 2. The highest BCUT2D eigenvalue weighted by atomic mass is 14.3. The first-order chi connectivity index (χ1) is 7.31. The summed E-state index contributed by atoms with van der Waals surface area (Å²) in [7, 11) is 2.59. The Balaban J connectivity index is 2.57. The summed E-state index contributed by atoms with van der Waals surface area (Å²) in [6.45, 7) is 11.9. The fraction of sp³-hybridized carbons (Fsp3) is 1.00. The summed E-state index contributed by atoms with van der Waals surface area (Å²) in [5, 5.41) is 0.765. The molecule has 1 fully saturated rings. The highest BCUT2D eigenvalue weighted by Crippen LogP contribution is 2.46. The Hall–Kier alpha value is 0.0649. The van der Waals surface area contributed by atoms with Crippen LogP contribution in [0.3, 0.4) is 0 Å². The highest BCUT2D eigenvalue weighted by Gasteiger charge is 2.34. The fourth-order valence-corrected chi connectivity index (χ4v) is 3.43. The van der Waals surface area contributed by atoms with Gasteiger partial charge in [-0.1, -0.05) is 90.2 Å². The Morgan fingerprint density at radius 1 is 0.750 bits per heavy atom. The second-order valence-corrected chi connectivity index (χ2v) is 7.37. The highest BCUT2D eigenvalue weighted by molar-refractivity contribution is 6.43. The molecule has 0 heterocycles. The molecule has 1 heteroatoms. The third-order valence-corrected chi connectivity index (χ3v) is 3.96. The molecule has 1 radical (unpaired) electrons. The summed E-state index contributed by atoms with van der Waals surface area (Å²) < 4.78 is 0. The molecule has 0 saturated heterocycles. The molecule has 0 aromatic carbocycles. The number of hydrogen-bond acceptors (Lipinski definition) is 0. The van der Waals surface area contributed by atoms with Gasteiger partial charge in [-0.05, 0) is 5.92 Å². The van der Waals surface area contributed by atoms with E-state index < -0.39 is 0 Å². The lowest BCUT2D eigenvalue weighted by atomic mass is 9.38. The van der Waals surface area contributed by atoms with E-state index in [0.717, 1.165) is 5.92 Å². The molecule has 93 valence electrons. The lowest BCUT2D eigenvalue weighted by Gasteiger charge is -2.39. The van der Waals surface area contributed by atoms with Crippen molar-refractivity contribution in [3.05, 3.63) is 0 Å². The normalized spacial score (nSPS) is 21.3. The van der Waals surface area contributed by atoms with Gasteiger partial charge in [-0.15, -0.1) is 0 Å². The van der Waals surface area contributed by atoms with E-state index in [2.05, 4.69) is 41.9 Å². The minimum atomic E-state index is 0.353. The van der Waals surface area contributed by atoms with Crippen LogP contribution in [-0.4, -0.2) is 7.28 Å². The monoisotopic (exact) mass is 221 g/mol. The van der Waals surface area contributed by atoms with Gasteiger partial charge in [0.05, 0.1) is 0 Å². The van der Waals surface area contributed by atoms with Crippen LogP contribution in [0.25, 0.3) is 0 Å². The quantitative estimate of drug-likeness (QED) is 0.542. The van der Waals surface area contributed by atoms with Crippen molar-refractivity contribution in [3.63, 3.8) is 0 Å². The summed E-state index contributed by atoms with van der Waals surface area (Å²) in [4.78, 5) is 0. The molecule has 0 nitrogen and oxygen atoms in total. The largest absolute Gasteiger partial charge is 0.124 e. The summed E-state index contributed by atoms with van der Waals surface area (Å²) >= 11 is 0. The van der Waals surface area contributed by atoms with Gasteiger partial charge >= 0.3 is 0 Å². The molecule has 0 bridgehead atoms. The molecule has 0 atom stereocenters. The van der Waals surface area contributed by atoms with Gasteiger partial charge in [-0.2, -0.15) is 0 Å². The Kier molecular flexibility index (Phi) is 4.95. The van der Waals surface area contributed by atoms with Crippen LogP contribution in [0.4, 0.5) is 0 Å². The molecule has 0 aromatic rings. The van der Waals surface area contributed by atoms with E-state index in [9.17, 15) is 0 Å². The van der Waals surface area contributed by atoms with E-state index in [-0.39, 0.29) is 0 Å². The van der Waals surface area contributed by atoms with Gasteiger partial charge in [0.1, 0.15) is 7.28 Å². The zero-order valence-electron chi connectivity index (χ0n) is 12.1. The van der Waals surface area contributed by atoms with Gasteiger partial charge in [0.2, 0.25) is 0 Å². The zero-order valence-corrected chi connectivity index (χ0v) is 12.1. The third-order valence-electron chi connectivity index (χ3n) is 3.96. The van der Waals surface area contributed by atoms with Gasteiger partial charge < -0.3 is 0 Å². The third kappa shape index (κ3) is 4.93. The molecule has 0 unspecified atom stereocenters. The van der Waals surface area contributed by atoms with Crippen LogP contribution in [0.15, 0.2) is 0 Å². The second kappa shape index (κ2) is 5.60. The maximum Gasteiger partial charge on any atom is 0.124 e. The van der Waals surface area contributed by atoms with Crippen LogP contribution in [0.2, 0.25) is 10.6 Å². The lowest BCUT2D eigenvalue weighted by molar-refractivity contribution is 0.304. The Morgan fingerprint density at radius 2 is 1.19 bits per heavy atom. The van der Waals surface area contributed by atoms with Crippen LogP contribution >= 0.6 is 0 Å². The van der Waals surface area contributed by atoms with Gasteiger partial charge in [0, 0.05) is 0 Å². The molecule has 0 aliphatic heterocycles. The molecule has 0 spiro atoms. The first kappa shape index (κ1) is 14.1. The van der Waals surface area contributed by atoms with E-state index >= 15 is 0 Å². The Morgan fingerprint density at radius 3 is 1.62 bits per heavy atom. The SMILES string of the molecule is CC(C)(C)[B]C(C)(C)C1CCCCCCC1. The summed E-state index contributed by atoms with van der Waals surface area (Å²) in [6.07, 6.45) is 10.2. The lowest BCUT2D eigenvalue weighted by Crippen LogP contribution is -2.29. The zero-order chi connectivity index (χ0) is 12.2. The Bertz CT molecular complexity index is 192. The van der Waals surface area contributed by atoms with Crippen molar-refractivity contribution in [1.82, 2.24) is 0 Å². The van der Waals surface area contributed by atoms with E-state index in [4.69, 9.17) is 0 Å². The maximum absolute atomic E-state index is 2.59. The average molecular weight is 221 g/mol. The first-order valence-corrected chi connectivity index (χ1v) is 7.18. The van der Waals surface area contributed by atoms with Crippen molar-refractivity contribution >= 4 is 7.28 Å². The Labute approximate surface area is 104 Å². The van der Waals surface area contributed by atoms with Crippen molar-refractivity contribution in [2.45, 2.75) is 90.2 Å². The predicted molar refractivity (Wildman–Crippen MR) is 75.3 cm³/mol. The molecular formula is C15H30B. The minimum Gasteiger partial charge on any atom is -0.0674 e. The van der Waals surface area contributed by atoms with Crippen LogP contribution < -0.4 is 0 Å². The fourth-order valence-electron chi connectivity index (χ4n) is 3.43. The summed E-state index contributed by atoms with van der Waals surface area (Å²) in [5.74, 6) is 0.909. The van der Waals surface area contributed by atoms with Crippen molar-refractivity contribution in [2.24, 2.45) is 5.92 Å². The van der Waals surface area contributed by atoms with Gasteiger partial charge in [-0.25, -0.2) is 0 Å². The van der Waals surface area contributed by atoms with Crippen molar-refractivity contribution in [1.29, 1.82) is 0 Å². The van der Waals surface area contributed by atoms with E-state index in [1.165, 1.54) is 44.9 Å². The van der Waals surface area contributed by atoms with E-state index in [1.807, 2.05) is 0 Å². The standard InChI is InChI=1S/C15H30B/c1-14(2,3)16-15(4,5)13-11-9-7-6-8-10-12-13/h13H,6-12H2,1-5H3. The smallest absolute Gasteiger partial charge is 0.0674 e. The molecule has 16 heavy (non-hydrogen) atoms. The van der Waals surface area contributed by atoms with Crippen LogP contribution in [0.5, 0.6) is 0 Å². The maximum atomic E-state index is 2.59. The average Bonchev–Trinajstić information content (AvgIpc) is 1.95. The van der Waals surface area contributed by atoms with Crippen molar-refractivity contribution in [2.75, 3.05) is 0 Å². The van der Waals surface area contributed by atoms with Gasteiger partial charge in [0.15, 0.2) is 0 Å². The molecule has 1 rings (SSSR count). The minimum absolute atomic E-state index is 0.353. The van der Waals surface area contributed by atoms with Crippen LogP contribution in [0, 0.1) is 5.92 Å². The van der Waals surface area contributed by atoms with Crippen LogP contribution in [0.1, 0.15) is 79.6 Å². The van der Waals surface area contributed by atoms with Gasteiger partial charge in [0.25, 0.3) is 0 Å². The molecule has 1 aliphatic carbocycles. The number of hydrogen-bond donors (Lipinski definition) is 0. The van der Waals surface area contributed by atoms with Gasteiger partial charge in [-0.3, -0.25) is 0 Å². The molecular weight excluding hydrogens is 191 g/mol. The summed E-state index contributed by atoms with van der Waals surface area (Å²) in [5.41, 5.74) is 0. The van der Waals surface area contributed by atoms with Crippen molar-refractivity contribution in [3.8, 4) is 0 Å².